The Balaban J connectivity index is 0.000000302. The minimum atomic E-state index is -3.03. The third-order valence-electron chi connectivity index (χ3n) is 1.25. The van der Waals surface area contributed by atoms with Gasteiger partial charge in [0.05, 0.1) is 0 Å². The molecule has 0 spiro atoms. The van der Waals surface area contributed by atoms with Gasteiger partial charge in [-0.15, -0.1) is 0 Å². The Hall–Kier alpha value is -2.73. The number of carbonyl (C=O) groups is 2. The molecule has 0 heterocycles. The molecule has 17 heavy (non-hydrogen) atoms. The van der Waals surface area contributed by atoms with Gasteiger partial charge in [0, 0.05) is 0 Å². The van der Waals surface area contributed by atoms with E-state index in [0.29, 0.717) is 0 Å². The number of rotatable bonds is 0. The zero-order valence-corrected chi connectivity index (χ0v) is 9.22. The largest absolute Gasteiger partial charge is 0.290 e. The van der Waals surface area contributed by atoms with E-state index in [2.05, 4.69) is 0 Å². The van der Waals surface area contributed by atoms with Crippen molar-refractivity contribution < 1.29 is 22.0 Å². The maximum Gasteiger partial charge on any atom is 0.178 e. The Morgan fingerprint density at radius 3 is 1.06 bits per heavy atom. The van der Waals surface area contributed by atoms with E-state index in [0.717, 1.165) is 0 Å². The van der Waals surface area contributed by atoms with Gasteiger partial charge in [-0.3, -0.25) is 9.59 Å². The molecule has 1 aliphatic carbocycles. The van der Waals surface area contributed by atoms with Crippen LogP contribution >= 0.6 is 0 Å². The van der Waals surface area contributed by atoms with Crippen LogP contribution in [0.3, 0.4) is 0 Å². The van der Waals surface area contributed by atoms with Gasteiger partial charge in [0.15, 0.2) is 11.6 Å². The molecular weight excluding hydrogens is 267 g/mol. The van der Waals surface area contributed by atoms with Crippen molar-refractivity contribution in [3.63, 3.8) is 0 Å². The van der Waals surface area contributed by atoms with Gasteiger partial charge in [-0.2, -0.15) is 0 Å². The number of nitrogens with zero attached hydrogens (tertiary/aromatic N) is 4. The number of nitriles is 4. The molecule has 0 radical (unpaired) electrons. The summed E-state index contributed by atoms with van der Waals surface area (Å²) >= 11 is -3.03. The smallest absolute Gasteiger partial charge is 0.178 e. The molecular formula is C10H4N4NiO2. The molecule has 0 atom stereocenters. The molecule has 0 aromatic rings. The molecule has 0 saturated carbocycles. The van der Waals surface area contributed by atoms with Gasteiger partial charge >= 0.3 is 53.6 Å². The fourth-order valence-electron chi connectivity index (χ4n) is 0.535. The van der Waals surface area contributed by atoms with E-state index in [1.54, 1.807) is 0 Å². The molecule has 0 aromatic carbocycles. The summed E-state index contributed by atoms with van der Waals surface area (Å²) in [5.74, 6) is -0.241. The van der Waals surface area contributed by atoms with Crippen molar-refractivity contribution in [2.45, 2.75) is 0 Å². The molecule has 0 unspecified atom stereocenters. The summed E-state index contributed by atoms with van der Waals surface area (Å²) < 4.78 is 0. The van der Waals surface area contributed by atoms with Crippen molar-refractivity contribution >= 4 is 11.6 Å². The number of hydrogen-bond donors (Lipinski definition) is 0. The fraction of sp³-hybridized carbons (Fsp3) is 0. The van der Waals surface area contributed by atoms with Gasteiger partial charge in [0.2, 0.25) is 0 Å². The van der Waals surface area contributed by atoms with E-state index >= 15 is 0 Å². The van der Waals surface area contributed by atoms with Gasteiger partial charge in [-0.1, -0.05) is 0 Å². The number of hydrogen-bond acceptors (Lipinski definition) is 6. The van der Waals surface area contributed by atoms with Crippen molar-refractivity contribution in [3.8, 4) is 20.2 Å². The quantitative estimate of drug-likeness (QED) is 0.460. The molecule has 0 N–H and O–H groups in total. The number of carbonyl (C=O) groups excluding carboxylic acids is 2. The predicted molar refractivity (Wildman–Crippen MR) is 50.7 cm³/mol. The van der Waals surface area contributed by atoms with Gasteiger partial charge in [-0.25, -0.2) is 0 Å². The fourth-order valence-corrected chi connectivity index (χ4v) is 0.831. The average molecular weight is 271 g/mol. The van der Waals surface area contributed by atoms with E-state index in [1.165, 1.54) is 44.5 Å². The van der Waals surface area contributed by atoms with Crippen LogP contribution in [0.15, 0.2) is 24.3 Å². The molecule has 1 rings (SSSR count). The minimum absolute atomic E-state index is 0.121. The van der Waals surface area contributed by atoms with E-state index in [-0.39, 0.29) is 11.6 Å². The third-order valence-corrected chi connectivity index (χ3v) is 2.57. The Morgan fingerprint density at radius 1 is 0.706 bits per heavy atom. The first-order valence-corrected chi connectivity index (χ1v) is 5.73. The van der Waals surface area contributed by atoms with Gasteiger partial charge in [-0.05, 0) is 24.3 Å². The van der Waals surface area contributed by atoms with Crippen LogP contribution in [0.2, 0.25) is 0 Å². The van der Waals surface area contributed by atoms with E-state index in [9.17, 15) is 9.59 Å². The maximum atomic E-state index is 10.3. The van der Waals surface area contributed by atoms with Crippen molar-refractivity contribution in [2.24, 2.45) is 0 Å². The second kappa shape index (κ2) is 6.70. The summed E-state index contributed by atoms with van der Waals surface area (Å²) in [5.41, 5.74) is 0. The monoisotopic (exact) mass is 270 g/mol. The molecule has 0 saturated heterocycles. The van der Waals surface area contributed by atoms with Crippen LogP contribution < -0.4 is 0 Å². The summed E-state index contributed by atoms with van der Waals surface area (Å²) in [6.45, 7) is 0. The average Bonchev–Trinajstić information content (AvgIpc) is 2.37. The number of ketones is 2. The van der Waals surface area contributed by atoms with Gasteiger partial charge in [0.25, 0.3) is 0 Å². The first-order chi connectivity index (χ1) is 8.03. The summed E-state index contributed by atoms with van der Waals surface area (Å²) in [7, 11) is 0. The Labute approximate surface area is 99.4 Å². The second-order valence-electron chi connectivity index (χ2n) is 2.23. The van der Waals surface area contributed by atoms with Gasteiger partial charge in [0.1, 0.15) is 0 Å². The van der Waals surface area contributed by atoms with Gasteiger partial charge < -0.3 is 0 Å². The summed E-state index contributed by atoms with van der Waals surface area (Å²) in [5, 5.41) is 37.9. The normalized spacial score (nSPS) is 13.2. The minimum Gasteiger partial charge on any atom is -0.290 e. The van der Waals surface area contributed by atoms with Crippen molar-refractivity contribution in [2.75, 3.05) is 0 Å². The molecule has 7 heteroatoms. The molecule has 0 fully saturated rings. The van der Waals surface area contributed by atoms with Crippen LogP contribution in [0.25, 0.3) is 0 Å². The van der Waals surface area contributed by atoms with Crippen LogP contribution in [0.5, 0.6) is 0 Å². The van der Waals surface area contributed by atoms with Crippen molar-refractivity contribution in [1.82, 2.24) is 0 Å². The molecule has 0 bridgehead atoms. The van der Waals surface area contributed by atoms with Crippen molar-refractivity contribution in [3.05, 3.63) is 24.3 Å². The van der Waals surface area contributed by atoms with E-state index < -0.39 is 12.4 Å². The van der Waals surface area contributed by atoms with E-state index in [1.807, 2.05) is 0 Å². The topological polar surface area (TPSA) is 129 Å². The Kier molecular flexibility index (Phi) is 5.63. The molecule has 0 aromatic heterocycles. The first-order valence-electron chi connectivity index (χ1n) is 3.76. The summed E-state index contributed by atoms with van der Waals surface area (Å²) in [6.07, 6.45) is 5.01. The van der Waals surface area contributed by atoms with Crippen LogP contribution in [0.4, 0.5) is 0 Å². The molecule has 0 amide bonds. The van der Waals surface area contributed by atoms with Crippen LogP contribution in [0.1, 0.15) is 0 Å². The Bertz CT molecular complexity index is 464. The SMILES string of the molecule is N#[C][Ni]([C]#N)([C]#N)[C]#N.O=C1C=CC(=O)C=C1. The second-order valence-corrected chi connectivity index (χ2v) is 4.59. The summed E-state index contributed by atoms with van der Waals surface area (Å²) in [4.78, 5) is 20.6. The Morgan fingerprint density at radius 2 is 0.941 bits per heavy atom. The maximum absolute atomic E-state index is 10.3. The van der Waals surface area contributed by atoms with Crippen LogP contribution in [0, 0.1) is 41.2 Å². The van der Waals surface area contributed by atoms with Crippen molar-refractivity contribution in [1.29, 1.82) is 21.0 Å². The standard InChI is InChI=1S/C6H4O2.4CN.Ni/c7-5-1-2-6(8)4-3-5;4*1-2;/h1-4H;;;;;. The first kappa shape index (κ1) is 14.3. The molecule has 6 nitrogen and oxygen atoms in total. The third kappa shape index (κ3) is 4.54. The number of allylic oxidation sites excluding steroid dienone is 4. The summed E-state index contributed by atoms with van der Waals surface area (Å²) in [6, 6.07) is 0. The van der Waals surface area contributed by atoms with Crippen LogP contribution in [-0.2, 0) is 22.0 Å². The zero-order valence-electron chi connectivity index (χ0n) is 8.23. The van der Waals surface area contributed by atoms with Crippen LogP contribution in [-0.4, -0.2) is 11.6 Å². The molecule has 1 aliphatic rings. The molecule has 0 aliphatic heterocycles. The predicted octanol–water partition coefficient (Wildman–Crippen LogP) is 0.315. The zero-order chi connectivity index (χ0) is 13.3. The van der Waals surface area contributed by atoms with E-state index in [4.69, 9.17) is 21.0 Å². The molecule has 86 valence electrons.